The molecule has 1 aromatic rings. The van der Waals surface area contributed by atoms with Crippen molar-refractivity contribution in [3.63, 3.8) is 0 Å². The highest BCUT2D eigenvalue weighted by Gasteiger charge is 2.25. The number of aliphatic hydroxyl groups is 1. The highest BCUT2D eigenvalue weighted by molar-refractivity contribution is 5.31. The van der Waals surface area contributed by atoms with E-state index in [1.54, 1.807) is 0 Å². The van der Waals surface area contributed by atoms with E-state index < -0.39 is 0 Å². The van der Waals surface area contributed by atoms with Crippen molar-refractivity contribution in [1.82, 2.24) is 9.97 Å². The molecule has 1 aromatic heterocycles. The molecule has 0 aliphatic rings. The van der Waals surface area contributed by atoms with Gasteiger partial charge in [-0.25, -0.2) is 9.97 Å². The first-order chi connectivity index (χ1) is 8.74. The molecule has 0 bridgehead atoms. The minimum Gasteiger partial charge on any atom is -0.396 e. The number of aryl methyl sites for hydroxylation is 1. The Morgan fingerprint density at radius 2 is 1.89 bits per heavy atom. The van der Waals surface area contributed by atoms with Crippen molar-refractivity contribution in [2.24, 2.45) is 5.41 Å². The van der Waals surface area contributed by atoms with Crippen LogP contribution in [-0.2, 0) is 0 Å². The molecule has 0 aliphatic heterocycles. The van der Waals surface area contributed by atoms with Gasteiger partial charge in [0.15, 0.2) is 0 Å². The van der Waals surface area contributed by atoms with Crippen LogP contribution in [0.15, 0.2) is 6.07 Å². The van der Waals surface area contributed by atoms with Gasteiger partial charge in [0.25, 0.3) is 0 Å². The van der Waals surface area contributed by atoms with E-state index in [0.717, 1.165) is 11.4 Å². The maximum Gasteiger partial charge on any atom is 0.223 e. The summed E-state index contributed by atoms with van der Waals surface area (Å²) in [5.41, 5.74) is 2.07. The Morgan fingerprint density at radius 1 is 1.26 bits per heavy atom. The summed E-state index contributed by atoms with van der Waals surface area (Å²) in [6, 6.07) is 2.17. The molecule has 1 rings (SSSR count). The molecule has 1 heterocycles. The molecule has 0 fully saturated rings. The van der Waals surface area contributed by atoms with Crippen molar-refractivity contribution in [2.75, 3.05) is 11.9 Å². The summed E-state index contributed by atoms with van der Waals surface area (Å²) in [6.07, 6.45) is 0.692. The first-order valence-corrected chi connectivity index (χ1v) is 6.97. The van der Waals surface area contributed by atoms with Gasteiger partial charge in [-0.15, -0.1) is 0 Å². The molecule has 19 heavy (non-hydrogen) atoms. The number of rotatable bonds is 5. The molecular weight excluding hydrogens is 238 g/mol. The third-order valence-electron chi connectivity index (χ3n) is 3.23. The second kappa shape index (κ2) is 6.33. The van der Waals surface area contributed by atoms with Gasteiger partial charge in [0.2, 0.25) is 5.95 Å². The summed E-state index contributed by atoms with van der Waals surface area (Å²) < 4.78 is 0. The summed E-state index contributed by atoms with van der Waals surface area (Å²) in [6.45, 7) is 12.9. The van der Waals surface area contributed by atoms with Crippen LogP contribution in [0.5, 0.6) is 0 Å². The standard InChI is InChI=1S/C15H27N3O/c1-10(2)12-9-11(3)16-14(17-12)18-13(7-8-19)15(4,5)6/h9-10,13,19H,7-8H2,1-6H3,(H,16,17,18). The first kappa shape index (κ1) is 15.9. The molecule has 4 heteroatoms. The lowest BCUT2D eigenvalue weighted by molar-refractivity contribution is 0.234. The van der Waals surface area contributed by atoms with E-state index in [1.807, 2.05) is 13.0 Å². The second-order valence-electron chi connectivity index (χ2n) is 6.49. The van der Waals surface area contributed by atoms with Gasteiger partial charge in [-0.05, 0) is 30.7 Å². The summed E-state index contributed by atoms with van der Waals surface area (Å²) in [7, 11) is 0. The Hall–Kier alpha value is -1.16. The Morgan fingerprint density at radius 3 is 2.37 bits per heavy atom. The van der Waals surface area contributed by atoms with Gasteiger partial charge in [-0.1, -0.05) is 34.6 Å². The van der Waals surface area contributed by atoms with E-state index in [0.29, 0.717) is 18.3 Å². The van der Waals surface area contributed by atoms with Crippen LogP contribution in [-0.4, -0.2) is 27.7 Å². The number of hydrogen-bond donors (Lipinski definition) is 2. The maximum absolute atomic E-state index is 9.19. The fourth-order valence-corrected chi connectivity index (χ4v) is 1.96. The van der Waals surface area contributed by atoms with E-state index in [1.165, 1.54) is 0 Å². The lowest BCUT2D eigenvalue weighted by Crippen LogP contribution is -2.35. The van der Waals surface area contributed by atoms with Gasteiger partial charge >= 0.3 is 0 Å². The Kier molecular flexibility index (Phi) is 5.29. The fraction of sp³-hybridized carbons (Fsp3) is 0.733. The van der Waals surface area contributed by atoms with Crippen LogP contribution in [0, 0.1) is 12.3 Å². The van der Waals surface area contributed by atoms with Crippen molar-refractivity contribution in [1.29, 1.82) is 0 Å². The van der Waals surface area contributed by atoms with Gasteiger partial charge in [0.05, 0.1) is 0 Å². The number of aliphatic hydroxyl groups excluding tert-OH is 1. The van der Waals surface area contributed by atoms with E-state index in [-0.39, 0.29) is 18.1 Å². The van der Waals surface area contributed by atoms with E-state index in [4.69, 9.17) is 0 Å². The molecule has 4 nitrogen and oxygen atoms in total. The summed E-state index contributed by atoms with van der Waals surface area (Å²) in [5, 5.41) is 12.6. The van der Waals surface area contributed by atoms with E-state index in [2.05, 4.69) is 49.9 Å². The molecule has 2 N–H and O–H groups in total. The van der Waals surface area contributed by atoms with Crippen LogP contribution >= 0.6 is 0 Å². The molecule has 0 radical (unpaired) electrons. The van der Waals surface area contributed by atoms with Crippen molar-refractivity contribution in [3.8, 4) is 0 Å². The highest BCUT2D eigenvalue weighted by atomic mass is 16.3. The molecule has 0 spiro atoms. The maximum atomic E-state index is 9.19. The molecule has 0 amide bonds. The largest absolute Gasteiger partial charge is 0.396 e. The lowest BCUT2D eigenvalue weighted by Gasteiger charge is -2.31. The number of anilines is 1. The van der Waals surface area contributed by atoms with Crippen LogP contribution < -0.4 is 5.32 Å². The van der Waals surface area contributed by atoms with Gasteiger partial charge < -0.3 is 10.4 Å². The van der Waals surface area contributed by atoms with Crippen molar-refractivity contribution in [3.05, 3.63) is 17.5 Å². The monoisotopic (exact) mass is 265 g/mol. The molecule has 0 aromatic carbocycles. The highest BCUT2D eigenvalue weighted by Crippen LogP contribution is 2.25. The number of nitrogens with one attached hydrogen (secondary N) is 1. The quantitative estimate of drug-likeness (QED) is 0.859. The van der Waals surface area contributed by atoms with E-state index >= 15 is 0 Å². The SMILES string of the molecule is Cc1cc(C(C)C)nc(NC(CCO)C(C)(C)C)n1. The van der Waals surface area contributed by atoms with Crippen LogP contribution in [0.2, 0.25) is 0 Å². The minimum atomic E-state index is 0.0494. The van der Waals surface area contributed by atoms with Crippen molar-refractivity contribution in [2.45, 2.75) is 59.9 Å². The van der Waals surface area contributed by atoms with Crippen LogP contribution in [0.3, 0.4) is 0 Å². The topological polar surface area (TPSA) is 58.0 Å². The molecule has 1 unspecified atom stereocenters. The number of nitrogens with zero attached hydrogens (tertiary/aromatic N) is 2. The minimum absolute atomic E-state index is 0.0494. The Bertz CT molecular complexity index is 410. The van der Waals surface area contributed by atoms with Gasteiger partial charge in [0.1, 0.15) is 0 Å². The van der Waals surface area contributed by atoms with Gasteiger partial charge in [-0.2, -0.15) is 0 Å². The predicted octanol–water partition coefficient (Wildman–Crippen LogP) is 3.12. The molecule has 1 atom stereocenters. The van der Waals surface area contributed by atoms with Crippen LogP contribution in [0.1, 0.15) is 58.3 Å². The van der Waals surface area contributed by atoms with Gasteiger partial charge in [-0.3, -0.25) is 0 Å². The van der Waals surface area contributed by atoms with Crippen LogP contribution in [0.4, 0.5) is 5.95 Å². The summed E-state index contributed by atoms with van der Waals surface area (Å²) in [4.78, 5) is 9.01. The fourth-order valence-electron chi connectivity index (χ4n) is 1.96. The number of hydrogen-bond acceptors (Lipinski definition) is 4. The lowest BCUT2D eigenvalue weighted by atomic mass is 9.85. The Labute approximate surface area is 116 Å². The zero-order chi connectivity index (χ0) is 14.6. The van der Waals surface area contributed by atoms with Crippen LogP contribution in [0.25, 0.3) is 0 Å². The molecular formula is C15H27N3O. The zero-order valence-corrected chi connectivity index (χ0v) is 13.0. The zero-order valence-electron chi connectivity index (χ0n) is 13.0. The molecule has 108 valence electrons. The second-order valence-corrected chi connectivity index (χ2v) is 6.49. The average molecular weight is 265 g/mol. The third-order valence-corrected chi connectivity index (χ3v) is 3.23. The van der Waals surface area contributed by atoms with E-state index in [9.17, 15) is 5.11 Å². The first-order valence-electron chi connectivity index (χ1n) is 6.97. The van der Waals surface area contributed by atoms with Gasteiger partial charge in [0, 0.05) is 24.0 Å². The third kappa shape index (κ3) is 4.78. The Balaban J connectivity index is 2.96. The predicted molar refractivity (Wildman–Crippen MR) is 79.4 cm³/mol. The van der Waals surface area contributed by atoms with Crippen molar-refractivity contribution < 1.29 is 5.11 Å². The smallest absolute Gasteiger partial charge is 0.223 e. The summed E-state index contributed by atoms with van der Waals surface area (Å²) in [5.74, 6) is 1.05. The number of aromatic nitrogens is 2. The normalized spacial score (nSPS) is 13.7. The molecule has 0 saturated heterocycles. The molecule has 0 aliphatic carbocycles. The summed E-state index contributed by atoms with van der Waals surface area (Å²) >= 11 is 0. The van der Waals surface area contributed by atoms with Crippen molar-refractivity contribution >= 4 is 5.95 Å². The molecule has 0 saturated carbocycles. The average Bonchev–Trinajstić information content (AvgIpc) is 2.26.